The Kier molecular flexibility index (Phi) is 7.12. The molecule has 5 rings (SSSR count). The van der Waals surface area contributed by atoms with Crippen LogP contribution in [-0.2, 0) is 17.6 Å². The van der Waals surface area contributed by atoms with Crippen molar-refractivity contribution in [3.8, 4) is 5.69 Å². The molecule has 0 amide bonds. The molecule has 0 spiro atoms. The van der Waals surface area contributed by atoms with E-state index in [0.29, 0.717) is 39.3 Å². The third kappa shape index (κ3) is 4.44. The second-order valence-electron chi connectivity index (χ2n) is 9.02. The highest BCUT2D eigenvalue weighted by Gasteiger charge is 2.43. The molecule has 8 heteroatoms. The topological polar surface area (TPSA) is 17.8 Å². The van der Waals surface area contributed by atoms with Gasteiger partial charge in [-0.3, -0.25) is 4.57 Å². The number of nitrogens with zero attached hydrogens (tertiary/aromatic N) is 2. The van der Waals surface area contributed by atoms with Gasteiger partial charge in [-0.2, -0.15) is 0 Å². The standard InChI is InChI=1S/C28H23Cl2F3N2S/c1-17-14-18(7-12-22(17)29)28(16-31)13-3-6-25-26(28)35(20-10-8-19(32)9-11-20)27(34-25)36-15-21-23(30)4-2-5-24(21)33/h2,4-5,7-12,14H,3,6,13,15-16H2,1H3. The Hall–Kier alpha value is -2.41. The third-order valence-corrected chi connectivity index (χ3v) is 8.56. The first-order valence-corrected chi connectivity index (χ1v) is 13.3. The number of thioether (sulfide) groups is 1. The van der Waals surface area contributed by atoms with Crippen LogP contribution in [0.15, 0.2) is 65.8 Å². The summed E-state index contributed by atoms with van der Waals surface area (Å²) >= 11 is 13.9. The van der Waals surface area contributed by atoms with Crippen LogP contribution in [0.2, 0.25) is 10.0 Å². The van der Waals surface area contributed by atoms with E-state index in [1.54, 1.807) is 30.3 Å². The summed E-state index contributed by atoms with van der Waals surface area (Å²) in [5.41, 5.74) is 3.32. The second kappa shape index (κ2) is 10.2. The minimum absolute atomic E-state index is 0.241. The summed E-state index contributed by atoms with van der Waals surface area (Å²) in [5.74, 6) is -0.523. The maximum atomic E-state index is 15.2. The predicted molar refractivity (Wildman–Crippen MR) is 140 cm³/mol. The molecule has 0 saturated heterocycles. The molecule has 1 atom stereocenters. The first-order valence-electron chi connectivity index (χ1n) is 11.6. The van der Waals surface area contributed by atoms with Gasteiger partial charge in [0.15, 0.2) is 5.16 Å². The number of fused-ring (bicyclic) bond motifs is 1. The summed E-state index contributed by atoms with van der Waals surface area (Å²) in [5, 5.41) is 1.53. The van der Waals surface area contributed by atoms with Gasteiger partial charge >= 0.3 is 0 Å². The molecule has 4 aromatic rings. The van der Waals surface area contributed by atoms with Crippen molar-refractivity contribution in [3.63, 3.8) is 0 Å². The summed E-state index contributed by atoms with van der Waals surface area (Å²) in [6.07, 6.45) is 2.04. The molecule has 1 heterocycles. The molecule has 0 N–H and O–H groups in total. The van der Waals surface area contributed by atoms with Gasteiger partial charge in [-0.1, -0.05) is 53.2 Å². The van der Waals surface area contributed by atoms with Crippen LogP contribution < -0.4 is 0 Å². The quantitative estimate of drug-likeness (QED) is 0.225. The fourth-order valence-electron chi connectivity index (χ4n) is 4.95. The largest absolute Gasteiger partial charge is 0.291 e. The van der Waals surface area contributed by atoms with Crippen LogP contribution in [0.3, 0.4) is 0 Å². The zero-order chi connectivity index (χ0) is 25.4. The lowest BCUT2D eigenvalue weighted by molar-refractivity contribution is 0.302. The normalized spacial score (nSPS) is 17.3. The number of rotatable bonds is 6. The number of aromatic nitrogens is 2. The first kappa shape index (κ1) is 25.2. The van der Waals surface area contributed by atoms with Gasteiger partial charge in [-0.15, -0.1) is 0 Å². The van der Waals surface area contributed by atoms with Gasteiger partial charge in [-0.25, -0.2) is 18.2 Å². The van der Waals surface area contributed by atoms with Crippen LogP contribution in [0, 0.1) is 18.6 Å². The van der Waals surface area contributed by atoms with E-state index in [9.17, 15) is 8.78 Å². The molecule has 0 fully saturated rings. The lowest BCUT2D eigenvalue weighted by Gasteiger charge is -2.37. The number of imidazole rings is 1. The highest BCUT2D eigenvalue weighted by atomic mass is 35.5. The van der Waals surface area contributed by atoms with Gasteiger partial charge < -0.3 is 0 Å². The molecule has 1 aromatic heterocycles. The van der Waals surface area contributed by atoms with Gasteiger partial charge in [0.25, 0.3) is 0 Å². The monoisotopic (exact) mass is 546 g/mol. The van der Waals surface area contributed by atoms with Crippen LogP contribution in [0.1, 0.15) is 40.9 Å². The van der Waals surface area contributed by atoms with Gasteiger partial charge in [0, 0.05) is 27.0 Å². The van der Waals surface area contributed by atoms with E-state index < -0.39 is 17.9 Å². The van der Waals surface area contributed by atoms with Crippen molar-refractivity contribution in [1.82, 2.24) is 9.55 Å². The smallest absolute Gasteiger partial charge is 0.173 e. The number of halogens is 5. The second-order valence-corrected chi connectivity index (χ2v) is 10.8. The van der Waals surface area contributed by atoms with Crippen LogP contribution in [0.25, 0.3) is 5.69 Å². The molecule has 1 unspecified atom stereocenters. The summed E-state index contributed by atoms with van der Waals surface area (Å²) in [6, 6.07) is 16.2. The molecular weight excluding hydrogens is 524 g/mol. The van der Waals surface area contributed by atoms with E-state index >= 15 is 4.39 Å². The van der Waals surface area contributed by atoms with Crippen molar-refractivity contribution in [2.24, 2.45) is 0 Å². The molecule has 36 heavy (non-hydrogen) atoms. The SMILES string of the molecule is Cc1cc(C2(CF)CCCc3nc(SCc4c(F)cccc4Cl)n(-c4ccc(F)cc4)c32)ccc1Cl. The van der Waals surface area contributed by atoms with Crippen LogP contribution in [-0.4, -0.2) is 16.2 Å². The lowest BCUT2D eigenvalue weighted by Crippen LogP contribution is -2.36. The Morgan fingerprint density at radius 3 is 2.50 bits per heavy atom. The van der Waals surface area contributed by atoms with E-state index in [1.165, 1.54) is 30.0 Å². The Morgan fingerprint density at radius 2 is 1.81 bits per heavy atom. The fourth-order valence-corrected chi connectivity index (χ4v) is 6.44. The van der Waals surface area contributed by atoms with E-state index in [2.05, 4.69) is 0 Å². The molecule has 0 bridgehead atoms. The summed E-state index contributed by atoms with van der Waals surface area (Å²) in [4.78, 5) is 4.91. The number of hydrogen-bond acceptors (Lipinski definition) is 2. The van der Waals surface area contributed by atoms with E-state index in [4.69, 9.17) is 28.2 Å². The number of hydrogen-bond donors (Lipinski definition) is 0. The van der Waals surface area contributed by atoms with E-state index in [-0.39, 0.29) is 11.6 Å². The van der Waals surface area contributed by atoms with E-state index in [1.807, 2.05) is 23.6 Å². The fraction of sp³-hybridized carbons (Fsp3) is 0.250. The molecule has 2 nitrogen and oxygen atoms in total. The lowest BCUT2D eigenvalue weighted by atomic mass is 9.70. The van der Waals surface area contributed by atoms with Crippen LogP contribution in [0.5, 0.6) is 0 Å². The van der Waals surface area contributed by atoms with Crippen molar-refractivity contribution >= 4 is 35.0 Å². The minimum atomic E-state index is -0.946. The third-order valence-electron chi connectivity index (χ3n) is 6.82. The molecular formula is C28H23Cl2F3N2S. The summed E-state index contributed by atoms with van der Waals surface area (Å²) in [6.45, 7) is 1.27. The van der Waals surface area contributed by atoms with Gasteiger partial charge in [0.05, 0.1) is 16.8 Å². The minimum Gasteiger partial charge on any atom is -0.291 e. The Bertz CT molecular complexity index is 1400. The molecule has 1 aliphatic rings. The number of alkyl halides is 1. The summed E-state index contributed by atoms with van der Waals surface area (Å²) < 4.78 is 45.5. The van der Waals surface area contributed by atoms with Gasteiger partial charge in [-0.05, 0) is 79.8 Å². The molecule has 3 aromatic carbocycles. The maximum absolute atomic E-state index is 15.2. The number of benzene rings is 3. The van der Waals surface area contributed by atoms with Crippen molar-refractivity contribution < 1.29 is 13.2 Å². The molecule has 0 radical (unpaired) electrons. The van der Waals surface area contributed by atoms with Crippen molar-refractivity contribution in [2.45, 2.75) is 42.5 Å². The van der Waals surface area contributed by atoms with Crippen LogP contribution >= 0.6 is 35.0 Å². The number of aryl methyl sites for hydroxylation is 2. The molecule has 0 saturated carbocycles. The highest BCUT2D eigenvalue weighted by Crippen LogP contribution is 2.46. The van der Waals surface area contributed by atoms with Crippen LogP contribution in [0.4, 0.5) is 13.2 Å². The summed E-state index contributed by atoms with van der Waals surface area (Å²) in [7, 11) is 0. The molecule has 186 valence electrons. The Morgan fingerprint density at radius 1 is 1.03 bits per heavy atom. The van der Waals surface area contributed by atoms with Crippen molar-refractivity contribution in [3.05, 3.63) is 110 Å². The average Bonchev–Trinajstić information content (AvgIpc) is 3.25. The zero-order valence-corrected chi connectivity index (χ0v) is 21.8. The molecule has 0 aliphatic heterocycles. The highest BCUT2D eigenvalue weighted by molar-refractivity contribution is 7.98. The van der Waals surface area contributed by atoms with E-state index in [0.717, 1.165) is 28.9 Å². The van der Waals surface area contributed by atoms with Gasteiger partial charge in [0.2, 0.25) is 0 Å². The average molecular weight is 547 g/mol. The van der Waals surface area contributed by atoms with Crippen molar-refractivity contribution in [1.29, 1.82) is 0 Å². The Balaban J connectivity index is 1.69. The maximum Gasteiger partial charge on any atom is 0.173 e. The predicted octanol–water partition coefficient (Wildman–Crippen LogP) is 8.65. The Labute approximate surface area is 222 Å². The first-order chi connectivity index (χ1) is 17.3. The van der Waals surface area contributed by atoms with Crippen molar-refractivity contribution in [2.75, 3.05) is 6.67 Å². The molecule has 1 aliphatic carbocycles. The zero-order valence-electron chi connectivity index (χ0n) is 19.5. The van der Waals surface area contributed by atoms with Gasteiger partial charge in [0.1, 0.15) is 18.3 Å².